The summed E-state index contributed by atoms with van der Waals surface area (Å²) in [4.78, 5) is 31.7. The Morgan fingerprint density at radius 2 is 1.85 bits per heavy atom. The van der Waals surface area contributed by atoms with Crippen molar-refractivity contribution in [1.29, 1.82) is 0 Å². The zero-order valence-electron chi connectivity index (χ0n) is 19.1. The molecular formula is C25H23BrN2O5S. The summed E-state index contributed by atoms with van der Waals surface area (Å²) in [5, 5.41) is 0. The Balaban J connectivity index is 2.00. The standard InChI is InChI=1S/C25H23BrN2O5S/c1-5-17-21(24(30)33-4)22(14-9-7-6-8-10-14)28-23(29)20(34-25(28)27-17)12-15-11-16(26)19(32-3)13-18(15)31-2/h6-13,22H,5H2,1-4H3/b20-12-/t22-/m0/s1. The highest BCUT2D eigenvalue weighted by molar-refractivity contribution is 9.10. The number of methoxy groups -OCH3 is 3. The molecule has 0 aliphatic carbocycles. The summed E-state index contributed by atoms with van der Waals surface area (Å²) < 4.78 is 18.7. The number of esters is 1. The normalized spacial score (nSPS) is 15.6. The van der Waals surface area contributed by atoms with Gasteiger partial charge in [0.05, 0.1) is 47.6 Å². The fourth-order valence-corrected chi connectivity index (χ4v) is 5.49. The maximum Gasteiger partial charge on any atom is 0.338 e. The van der Waals surface area contributed by atoms with Gasteiger partial charge in [0.2, 0.25) is 0 Å². The lowest BCUT2D eigenvalue weighted by atomic mass is 9.95. The van der Waals surface area contributed by atoms with E-state index < -0.39 is 12.0 Å². The molecule has 0 amide bonds. The van der Waals surface area contributed by atoms with E-state index in [1.165, 1.54) is 18.4 Å². The van der Waals surface area contributed by atoms with E-state index in [1.54, 1.807) is 30.9 Å². The van der Waals surface area contributed by atoms with Crippen molar-refractivity contribution < 1.29 is 19.0 Å². The average molecular weight is 543 g/mol. The van der Waals surface area contributed by atoms with Gasteiger partial charge in [-0.25, -0.2) is 9.79 Å². The fraction of sp³-hybridized carbons (Fsp3) is 0.240. The number of rotatable bonds is 6. The zero-order chi connectivity index (χ0) is 24.4. The van der Waals surface area contributed by atoms with Crippen molar-refractivity contribution in [3.05, 3.63) is 89.0 Å². The number of fused-ring (bicyclic) bond motifs is 1. The molecule has 1 aliphatic heterocycles. The molecule has 4 rings (SSSR count). The Morgan fingerprint density at radius 1 is 1.15 bits per heavy atom. The minimum absolute atomic E-state index is 0.247. The third-order valence-electron chi connectivity index (χ3n) is 5.56. The second kappa shape index (κ2) is 9.99. The maximum absolute atomic E-state index is 13.7. The van der Waals surface area contributed by atoms with Gasteiger partial charge in [0.15, 0.2) is 4.80 Å². The number of ether oxygens (including phenoxy) is 3. The van der Waals surface area contributed by atoms with Crippen LogP contribution in [0.15, 0.2) is 68.0 Å². The molecule has 2 heterocycles. The molecule has 0 bridgehead atoms. The van der Waals surface area contributed by atoms with Crippen molar-refractivity contribution in [2.45, 2.75) is 19.4 Å². The van der Waals surface area contributed by atoms with Gasteiger partial charge in [-0.15, -0.1) is 0 Å². The van der Waals surface area contributed by atoms with Crippen LogP contribution in [0, 0.1) is 0 Å². The van der Waals surface area contributed by atoms with E-state index in [9.17, 15) is 9.59 Å². The lowest BCUT2D eigenvalue weighted by molar-refractivity contribution is -0.136. The van der Waals surface area contributed by atoms with Crippen molar-refractivity contribution in [2.24, 2.45) is 4.99 Å². The van der Waals surface area contributed by atoms with Gasteiger partial charge >= 0.3 is 5.97 Å². The number of nitrogens with zero attached hydrogens (tertiary/aromatic N) is 2. The summed E-state index contributed by atoms with van der Waals surface area (Å²) in [6.07, 6.45) is 2.29. The molecule has 34 heavy (non-hydrogen) atoms. The van der Waals surface area contributed by atoms with Crippen molar-refractivity contribution >= 4 is 39.3 Å². The first-order valence-electron chi connectivity index (χ1n) is 10.5. The van der Waals surface area contributed by atoms with Gasteiger partial charge in [-0.3, -0.25) is 9.36 Å². The second-order valence-electron chi connectivity index (χ2n) is 7.43. The third-order valence-corrected chi connectivity index (χ3v) is 7.16. The first kappa shape index (κ1) is 24.0. The molecule has 0 saturated heterocycles. The van der Waals surface area contributed by atoms with E-state index in [0.717, 1.165) is 10.0 Å². The number of aromatic nitrogens is 1. The van der Waals surface area contributed by atoms with Crippen LogP contribution in [0.3, 0.4) is 0 Å². The lowest BCUT2D eigenvalue weighted by Crippen LogP contribution is -2.40. The van der Waals surface area contributed by atoms with Gasteiger partial charge in [0.25, 0.3) is 5.56 Å². The molecule has 1 atom stereocenters. The Morgan fingerprint density at radius 3 is 2.47 bits per heavy atom. The highest BCUT2D eigenvalue weighted by Gasteiger charge is 2.33. The number of allylic oxidation sites excluding steroid dienone is 1. The monoisotopic (exact) mass is 542 g/mol. The summed E-state index contributed by atoms with van der Waals surface area (Å²) in [5.41, 5.74) is 2.25. The van der Waals surface area contributed by atoms with Crippen LogP contribution in [0.25, 0.3) is 6.08 Å². The summed E-state index contributed by atoms with van der Waals surface area (Å²) >= 11 is 4.76. The molecular weight excluding hydrogens is 520 g/mol. The first-order valence-corrected chi connectivity index (χ1v) is 12.1. The van der Waals surface area contributed by atoms with Crippen LogP contribution >= 0.6 is 27.3 Å². The summed E-state index contributed by atoms with van der Waals surface area (Å²) in [5.74, 6) is 0.689. The van der Waals surface area contributed by atoms with Crippen molar-refractivity contribution in [2.75, 3.05) is 21.3 Å². The largest absolute Gasteiger partial charge is 0.496 e. The van der Waals surface area contributed by atoms with E-state index in [0.29, 0.717) is 44.1 Å². The molecule has 1 aromatic heterocycles. The predicted molar refractivity (Wildman–Crippen MR) is 134 cm³/mol. The average Bonchev–Trinajstić information content (AvgIpc) is 3.17. The number of carbonyl (C=O) groups is 1. The molecule has 0 spiro atoms. The number of hydrogen-bond donors (Lipinski definition) is 0. The molecule has 176 valence electrons. The van der Waals surface area contributed by atoms with Gasteiger partial charge in [0, 0.05) is 11.6 Å². The Hall–Kier alpha value is -3.17. The number of carbonyl (C=O) groups excluding carboxylic acids is 1. The third kappa shape index (κ3) is 4.21. The maximum atomic E-state index is 13.7. The Labute approximate surface area is 208 Å². The minimum atomic E-state index is -0.633. The minimum Gasteiger partial charge on any atom is -0.496 e. The van der Waals surface area contributed by atoms with Crippen LogP contribution in [0.2, 0.25) is 0 Å². The van der Waals surface area contributed by atoms with Crippen LogP contribution in [0.4, 0.5) is 0 Å². The molecule has 1 aliphatic rings. The van der Waals surface area contributed by atoms with Crippen molar-refractivity contribution in [3.63, 3.8) is 0 Å². The van der Waals surface area contributed by atoms with Gasteiger partial charge in [0.1, 0.15) is 11.5 Å². The molecule has 9 heteroatoms. The SMILES string of the molecule is CCC1=C(C(=O)OC)[C@H](c2ccccc2)n2c(s/c(=C\c3cc(Br)c(OC)cc3OC)c2=O)=N1. The van der Waals surface area contributed by atoms with Crippen LogP contribution in [0.1, 0.15) is 30.5 Å². The lowest BCUT2D eigenvalue weighted by Gasteiger charge is -2.25. The number of thiazole rings is 1. The van der Waals surface area contributed by atoms with Crippen LogP contribution < -0.4 is 24.4 Å². The number of halogens is 1. The molecule has 3 aromatic rings. The molecule has 7 nitrogen and oxygen atoms in total. The predicted octanol–water partition coefficient (Wildman–Crippen LogP) is 3.58. The first-order chi connectivity index (χ1) is 16.4. The Bertz CT molecular complexity index is 1460. The van der Waals surface area contributed by atoms with E-state index >= 15 is 0 Å². The summed E-state index contributed by atoms with van der Waals surface area (Å²) in [6, 6.07) is 12.4. The summed E-state index contributed by atoms with van der Waals surface area (Å²) in [6.45, 7) is 1.93. The van der Waals surface area contributed by atoms with E-state index in [4.69, 9.17) is 14.2 Å². The Kier molecular flexibility index (Phi) is 7.04. The highest BCUT2D eigenvalue weighted by Crippen LogP contribution is 2.34. The van der Waals surface area contributed by atoms with E-state index in [2.05, 4.69) is 20.9 Å². The van der Waals surface area contributed by atoms with Crippen LogP contribution in [-0.4, -0.2) is 31.9 Å². The van der Waals surface area contributed by atoms with Gasteiger partial charge in [-0.1, -0.05) is 48.6 Å². The highest BCUT2D eigenvalue weighted by atomic mass is 79.9. The second-order valence-corrected chi connectivity index (χ2v) is 9.29. The number of benzene rings is 2. The smallest absolute Gasteiger partial charge is 0.338 e. The van der Waals surface area contributed by atoms with Crippen molar-refractivity contribution in [1.82, 2.24) is 4.57 Å². The topological polar surface area (TPSA) is 79.1 Å². The molecule has 0 radical (unpaired) electrons. The molecule has 2 aromatic carbocycles. The summed E-state index contributed by atoms with van der Waals surface area (Å²) in [7, 11) is 4.47. The van der Waals surface area contributed by atoms with E-state index in [1.807, 2.05) is 43.3 Å². The molecule has 0 unspecified atom stereocenters. The fourth-order valence-electron chi connectivity index (χ4n) is 3.95. The van der Waals surface area contributed by atoms with Crippen LogP contribution in [-0.2, 0) is 9.53 Å². The molecule has 0 fully saturated rings. The van der Waals surface area contributed by atoms with Gasteiger partial charge in [-0.2, -0.15) is 0 Å². The van der Waals surface area contributed by atoms with Crippen LogP contribution in [0.5, 0.6) is 11.5 Å². The van der Waals surface area contributed by atoms with E-state index in [-0.39, 0.29) is 5.56 Å². The quantitative estimate of drug-likeness (QED) is 0.445. The van der Waals surface area contributed by atoms with Crippen molar-refractivity contribution in [3.8, 4) is 11.5 Å². The molecule has 0 saturated carbocycles. The zero-order valence-corrected chi connectivity index (χ0v) is 21.5. The number of hydrogen-bond acceptors (Lipinski definition) is 7. The van der Waals surface area contributed by atoms with Gasteiger partial charge < -0.3 is 14.2 Å². The van der Waals surface area contributed by atoms with Gasteiger partial charge in [-0.05, 0) is 40.1 Å². The molecule has 0 N–H and O–H groups in total.